The van der Waals surface area contributed by atoms with Crippen LogP contribution in [0.5, 0.6) is 0 Å². The number of aliphatic hydroxyl groups excluding tert-OH is 1. The number of piperidine rings is 1. The Morgan fingerprint density at radius 2 is 1.72 bits per heavy atom. The zero-order valence-corrected chi connectivity index (χ0v) is 19.0. The van der Waals surface area contributed by atoms with Crippen LogP contribution in [-0.2, 0) is 35.6 Å². The van der Waals surface area contributed by atoms with Gasteiger partial charge in [0.1, 0.15) is 18.2 Å². The third-order valence-corrected chi connectivity index (χ3v) is 7.48. The number of aryl methyl sites for hydroxylation is 1. The fourth-order valence-corrected chi connectivity index (χ4v) is 5.72. The van der Waals surface area contributed by atoms with Crippen molar-refractivity contribution in [2.75, 3.05) is 6.61 Å². The number of amides is 1. The molecule has 2 heterocycles. The van der Waals surface area contributed by atoms with Gasteiger partial charge in [0.25, 0.3) is 15.9 Å². The number of rotatable bonds is 6. The van der Waals surface area contributed by atoms with Crippen LogP contribution in [0.3, 0.4) is 0 Å². The van der Waals surface area contributed by atoms with Crippen molar-refractivity contribution in [1.82, 2.24) is 4.31 Å². The maximum Gasteiger partial charge on any atom is 0.268 e. The van der Waals surface area contributed by atoms with Crippen molar-refractivity contribution in [3.63, 3.8) is 0 Å². The molecule has 2 aliphatic heterocycles. The third kappa shape index (κ3) is 4.18. The van der Waals surface area contributed by atoms with E-state index < -0.39 is 52.7 Å². The second-order valence-corrected chi connectivity index (χ2v) is 10.3. The molecular weight excluding hydrogens is 434 g/mol. The summed E-state index contributed by atoms with van der Waals surface area (Å²) in [5, 5.41) is 10.2. The van der Waals surface area contributed by atoms with Crippen molar-refractivity contribution < 1.29 is 32.5 Å². The Labute approximate surface area is 187 Å². The normalized spacial score (nSPS) is 27.4. The van der Waals surface area contributed by atoms with Gasteiger partial charge in [-0.1, -0.05) is 48.0 Å². The molecule has 0 aromatic heterocycles. The maximum atomic E-state index is 13.5. The monoisotopic (exact) mass is 461 g/mol. The molecule has 1 N–H and O–H groups in total. The van der Waals surface area contributed by atoms with Gasteiger partial charge in [0.05, 0.1) is 18.1 Å². The number of ether oxygens (including phenoxy) is 3. The summed E-state index contributed by atoms with van der Waals surface area (Å²) in [6, 6.07) is 14.4. The lowest BCUT2D eigenvalue weighted by molar-refractivity contribution is -0.164. The van der Waals surface area contributed by atoms with Crippen LogP contribution in [-0.4, -0.2) is 60.5 Å². The molecule has 2 aromatic carbocycles. The van der Waals surface area contributed by atoms with Crippen molar-refractivity contribution >= 4 is 15.9 Å². The molecule has 1 amide bonds. The topological polar surface area (TPSA) is 102 Å². The Morgan fingerprint density at radius 1 is 1.06 bits per heavy atom. The Bertz CT molecular complexity index is 1070. The van der Waals surface area contributed by atoms with Crippen LogP contribution in [0.25, 0.3) is 0 Å². The van der Waals surface area contributed by atoms with Gasteiger partial charge in [-0.2, -0.15) is 0 Å². The van der Waals surface area contributed by atoms with Gasteiger partial charge < -0.3 is 19.3 Å². The first-order valence-electron chi connectivity index (χ1n) is 10.4. The summed E-state index contributed by atoms with van der Waals surface area (Å²) >= 11 is 0. The number of hydrogen-bond acceptors (Lipinski definition) is 7. The van der Waals surface area contributed by atoms with E-state index in [1.807, 2.05) is 37.3 Å². The third-order valence-electron chi connectivity index (χ3n) is 5.64. The summed E-state index contributed by atoms with van der Waals surface area (Å²) in [7, 11) is -4.27. The molecule has 0 aliphatic carbocycles. The first kappa shape index (κ1) is 22.9. The molecule has 8 nitrogen and oxygen atoms in total. The lowest BCUT2D eigenvalue weighted by Gasteiger charge is -2.43. The van der Waals surface area contributed by atoms with Gasteiger partial charge >= 0.3 is 0 Å². The Morgan fingerprint density at radius 3 is 2.34 bits per heavy atom. The van der Waals surface area contributed by atoms with Crippen LogP contribution in [0.4, 0.5) is 0 Å². The number of nitrogens with zero attached hydrogens (tertiary/aromatic N) is 1. The van der Waals surface area contributed by atoms with E-state index in [2.05, 4.69) is 0 Å². The zero-order valence-electron chi connectivity index (χ0n) is 18.2. The second kappa shape index (κ2) is 8.57. The zero-order chi connectivity index (χ0) is 23.1. The molecular formula is C23H27NO7S. The minimum Gasteiger partial charge on any atom is -0.394 e. The summed E-state index contributed by atoms with van der Waals surface area (Å²) in [6.07, 6.45) is -2.96. The fourth-order valence-electron chi connectivity index (χ4n) is 4.13. The Kier molecular flexibility index (Phi) is 6.12. The van der Waals surface area contributed by atoms with Crippen LogP contribution < -0.4 is 0 Å². The molecule has 9 heteroatoms. The average Bonchev–Trinajstić information content (AvgIpc) is 3.09. The summed E-state index contributed by atoms with van der Waals surface area (Å²) in [6.45, 7) is 4.67. The fraction of sp³-hybridized carbons (Fsp3) is 0.435. The predicted molar refractivity (Wildman–Crippen MR) is 115 cm³/mol. The van der Waals surface area contributed by atoms with Gasteiger partial charge in [0.2, 0.25) is 0 Å². The van der Waals surface area contributed by atoms with E-state index in [0.717, 1.165) is 11.1 Å². The minimum absolute atomic E-state index is 0.0478. The molecule has 0 saturated carbocycles. The number of fused-ring (bicyclic) bond motifs is 1. The molecule has 2 fully saturated rings. The number of hydrogen-bond donors (Lipinski definition) is 1. The summed E-state index contributed by atoms with van der Waals surface area (Å²) < 4.78 is 45.5. The highest BCUT2D eigenvalue weighted by Crippen LogP contribution is 2.39. The summed E-state index contributed by atoms with van der Waals surface area (Å²) in [5.41, 5.74) is 1.75. The Hall–Kier alpha value is -2.30. The number of aliphatic hydroxyl groups is 1. The van der Waals surface area contributed by atoms with E-state index in [1.165, 1.54) is 12.1 Å². The quantitative estimate of drug-likeness (QED) is 0.702. The van der Waals surface area contributed by atoms with Crippen molar-refractivity contribution in [2.45, 2.75) is 62.4 Å². The molecule has 32 heavy (non-hydrogen) atoms. The number of benzene rings is 2. The van der Waals surface area contributed by atoms with Crippen LogP contribution in [0.2, 0.25) is 0 Å². The van der Waals surface area contributed by atoms with Gasteiger partial charge in [-0.15, -0.1) is 0 Å². The van der Waals surface area contributed by atoms with E-state index in [0.29, 0.717) is 4.31 Å². The SMILES string of the molecule is Cc1ccc(S(=O)(=O)N2C(=O)[C@H]3OC(C)(C)O[C@H]3[C@H](OCc3ccccc3)[C@@H]2CO)cc1. The van der Waals surface area contributed by atoms with Crippen LogP contribution >= 0.6 is 0 Å². The lowest BCUT2D eigenvalue weighted by atomic mass is 9.95. The minimum atomic E-state index is -4.27. The van der Waals surface area contributed by atoms with Gasteiger partial charge in [-0.3, -0.25) is 4.79 Å². The molecule has 0 bridgehead atoms. The largest absolute Gasteiger partial charge is 0.394 e. The van der Waals surface area contributed by atoms with Gasteiger partial charge in [0, 0.05) is 0 Å². The van der Waals surface area contributed by atoms with Crippen LogP contribution in [0.1, 0.15) is 25.0 Å². The number of carbonyl (C=O) groups excluding carboxylic acids is 1. The van der Waals surface area contributed by atoms with Gasteiger partial charge in [0.15, 0.2) is 11.9 Å². The molecule has 0 radical (unpaired) electrons. The second-order valence-electron chi connectivity index (χ2n) is 8.48. The first-order valence-corrected chi connectivity index (χ1v) is 11.8. The van der Waals surface area contributed by atoms with Gasteiger partial charge in [-0.25, -0.2) is 12.7 Å². The average molecular weight is 462 g/mol. The molecule has 2 saturated heterocycles. The molecule has 172 valence electrons. The number of sulfonamides is 1. The Balaban J connectivity index is 1.73. The van der Waals surface area contributed by atoms with E-state index in [4.69, 9.17) is 14.2 Å². The molecule has 0 spiro atoms. The molecule has 2 aliphatic rings. The highest BCUT2D eigenvalue weighted by molar-refractivity contribution is 7.89. The summed E-state index contributed by atoms with van der Waals surface area (Å²) in [4.78, 5) is 13.3. The number of carbonyl (C=O) groups is 1. The van der Waals surface area contributed by atoms with Crippen molar-refractivity contribution in [2.24, 2.45) is 0 Å². The predicted octanol–water partition coefficient (Wildman–Crippen LogP) is 1.99. The molecule has 4 rings (SSSR count). The maximum absolute atomic E-state index is 13.5. The van der Waals surface area contributed by atoms with Crippen LogP contribution in [0.15, 0.2) is 59.5 Å². The van der Waals surface area contributed by atoms with Crippen molar-refractivity contribution in [3.8, 4) is 0 Å². The lowest BCUT2D eigenvalue weighted by Crippen LogP contribution is -2.66. The standard InChI is InChI=1S/C23H27NO7S/c1-15-9-11-17(12-10-15)32(27,28)24-18(13-25)19(29-14-16-7-5-4-6-8-16)20-21(22(24)26)31-23(2,3)30-20/h4-12,18-21,25H,13-14H2,1-3H3/t18-,19+,20-,21-/m0/s1. The van der Waals surface area contributed by atoms with Crippen LogP contribution in [0, 0.1) is 6.92 Å². The van der Waals surface area contributed by atoms with E-state index >= 15 is 0 Å². The molecule has 2 aromatic rings. The van der Waals surface area contributed by atoms with E-state index in [9.17, 15) is 18.3 Å². The smallest absolute Gasteiger partial charge is 0.268 e. The van der Waals surface area contributed by atoms with E-state index in [1.54, 1.807) is 26.0 Å². The van der Waals surface area contributed by atoms with E-state index in [-0.39, 0.29) is 11.5 Å². The summed E-state index contributed by atoms with van der Waals surface area (Å²) in [5.74, 6) is -1.89. The molecule has 0 unspecified atom stereocenters. The highest BCUT2D eigenvalue weighted by atomic mass is 32.2. The highest BCUT2D eigenvalue weighted by Gasteiger charge is 2.60. The molecule has 4 atom stereocenters. The first-order chi connectivity index (χ1) is 15.1. The van der Waals surface area contributed by atoms with Crippen molar-refractivity contribution in [3.05, 3.63) is 65.7 Å². The van der Waals surface area contributed by atoms with Crippen molar-refractivity contribution in [1.29, 1.82) is 0 Å². The van der Waals surface area contributed by atoms with Gasteiger partial charge in [-0.05, 0) is 38.5 Å².